The Morgan fingerprint density at radius 1 is 1.15 bits per heavy atom. The Morgan fingerprint density at radius 3 is 2.82 bits per heavy atom. The summed E-state index contributed by atoms with van der Waals surface area (Å²) >= 11 is 3.56. The van der Waals surface area contributed by atoms with Crippen molar-refractivity contribution in [2.24, 2.45) is 5.92 Å². The highest BCUT2D eigenvalue weighted by molar-refractivity contribution is 9.10. The molecule has 1 aliphatic heterocycles. The number of aromatic hydroxyl groups is 1. The number of piperidine rings is 1. The summed E-state index contributed by atoms with van der Waals surface area (Å²) in [6.07, 6.45) is 4.17. The number of hydrogen-bond acceptors (Lipinski definition) is 5. The highest BCUT2D eigenvalue weighted by atomic mass is 79.9. The fourth-order valence-corrected chi connectivity index (χ4v) is 4.98. The van der Waals surface area contributed by atoms with Crippen molar-refractivity contribution in [1.29, 1.82) is 0 Å². The summed E-state index contributed by atoms with van der Waals surface area (Å²) in [5, 5.41) is 18.5. The van der Waals surface area contributed by atoms with Crippen LogP contribution in [0.4, 0.5) is 5.82 Å². The molecular weight excluding hydrogens is 478 g/mol. The summed E-state index contributed by atoms with van der Waals surface area (Å²) in [4.78, 5) is 7.30. The lowest BCUT2D eigenvalue weighted by molar-refractivity contribution is 0.173. The quantitative estimate of drug-likeness (QED) is 0.362. The summed E-state index contributed by atoms with van der Waals surface area (Å²) in [6.45, 7) is 6.28. The maximum absolute atomic E-state index is 10.4. The second-order valence-electron chi connectivity index (χ2n) is 8.82. The molecule has 170 valence electrons. The van der Waals surface area contributed by atoms with E-state index in [2.05, 4.69) is 62.4 Å². The molecule has 2 aromatic carbocycles. The summed E-state index contributed by atoms with van der Waals surface area (Å²) in [7, 11) is 0. The third kappa shape index (κ3) is 4.75. The van der Waals surface area contributed by atoms with Gasteiger partial charge in [-0.3, -0.25) is 4.90 Å². The largest absolute Gasteiger partial charge is 0.507 e. The van der Waals surface area contributed by atoms with E-state index in [-0.39, 0.29) is 5.75 Å². The maximum Gasteiger partial charge on any atom is 0.172 e. The molecule has 1 unspecified atom stereocenters. The summed E-state index contributed by atoms with van der Waals surface area (Å²) in [6, 6.07) is 17.9. The summed E-state index contributed by atoms with van der Waals surface area (Å²) in [5.41, 5.74) is 4.92. The normalized spacial score (nSPS) is 16.8. The molecule has 0 spiro atoms. The van der Waals surface area contributed by atoms with Gasteiger partial charge in [0.2, 0.25) is 0 Å². The van der Waals surface area contributed by atoms with E-state index >= 15 is 0 Å². The highest BCUT2D eigenvalue weighted by Crippen LogP contribution is 2.31. The Labute approximate surface area is 202 Å². The van der Waals surface area contributed by atoms with Gasteiger partial charge in [0.15, 0.2) is 5.65 Å². The molecule has 4 aromatic rings. The van der Waals surface area contributed by atoms with Crippen molar-refractivity contribution in [2.75, 3.05) is 25.0 Å². The molecule has 0 radical (unpaired) electrons. The van der Waals surface area contributed by atoms with Gasteiger partial charge in [0.05, 0.1) is 16.4 Å². The monoisotopic (exact) mass is 505 g/mol. The van der Waals surface area contributed by atoms with Crippen LogP contribution in [0.5, 0.6) is 5.75 Å². The van der Waals surface area contributed by atoms with Crippen LogP contribution in [-0.4, -0.2) is 44.2 Å². The number of fused-ring (bicyclic) bond motifs is 1. The first-order valence-electron chi connectivity index (χ1n) is 11.4. The molecule has 1 aliphatic rings. The third-order valence-electron chi connectivity index (χ3n) is 6.44. The van der Waals surface area contributed by atoms with Crippen LogP contribution in [0, 0.1) is 12.8 Å². The first-order chi connectivity index (χ1) is 16.1. The molecule has 1 fully saturated rings. The van der Waals surface area contributed by atoms with E-state index in [9.17, 15) is 5.11 Å². The van der Waals surface area contributed by atoms with Gasteiger partial charge in [-0.25, -0.2) is 4.98 Å². The Kier molecular flexibility index (Phi) is 6.33. The number of para-hydroxylation sites is 1. The number of aromatic nitrogens is 3. The molecule has 7 heteroatoms. The van der Waals surface area contributed by atoms with Crippen LogP contribution < -0.4 is 5.32 Å². The van der Waals surface area contributed by atoms with E-state index in [1.165, 1.54) is 24.0 Å². The molecule has 33 heavy (non-hydrogen) atoms. The van der Waals surface area contributed by atoms with Gasteiger partial charge >= 0.3 is 0 Å². The zero-order chi connectivity index (χ0) is 22.8. The Hall–Kier alpha value is -2.90. The molecule has 0 saturated carbocycles. The van der Waals surface area contributed by atoms with E-state index in [0.29, 0.717) is 17.2 Å². The van der Waals surface area contributed by atoms with Crippen molar-refractivity contribution in [3.05, 3.63) is 76.4 Å². The van der Waals surface area contributed by atoms with E-state index < -0.39 is 0 Å². The van der Waals surface area contributed by atoms with Gasteiger partial charge in [0.1, 0.15) is 11.6 Å². The predicted molar refractivity (Wildman–Crippen MR) is 135 cm³/mol. The van der Waals surface area contributed by atoms with Crippen molar-refractivity contribution < 1.29 is 5.11 Å². The van der Waals surface area contributed by atoms with Crippen molar-refractivity contribution in [3.8, 4) is 17.0 Å². The van der Waals surface area contributed by atoms with Gasteiger partial charge in [-0.2, -0.15) is 9.61 Å². The van der Waals surface area contributed by atoms with Gasteiger partial charge in [-0.1, -0.05) is 36.4 Å². The van der Waals surface area contributed by atoms with Gasteiger partial charge in [-0.15, -0.1) is 0 Å². The molecule has 6 nitrogen and oxygen atoms in total. The molecule has 2 N–H and O–H groups in total. The van der Waals surface area contributed by atoms with E-state index in [4.69, 9.17) is 4.98 Å². The number of phenolic OH excluding ortho intramolecular Hbond substituents is 1. The van der Waals surface area contributed by atoms with E-state index in [1.807, 2.05) is 28.8 Å². The van der Waals surface area contributed by atoms with Gasteiger partial charge in [-0.05, 0) is 71.4 Å². The lowest BCUT2D eigenvalue weighted by Crippen LogP contribution is -2.37. The van der Waals surface area contributed by atoms with Crippen molar-refractivity contribution in [2.45, 2.75) is 26.3 Å². The zero-order valence-electron chi connectivity index (χ0n) is 18.7. The standard InChI is InChI=1S/C26H28BrN5O/c1-18-7-2-3-9-20(18)17-31-12-6-8-19(16-31)14-28-25-13-23(21-10-4-5-11-24(21)33)30-26-22(27)15-29-32(25)26/h2-5,7,9-11,13,15,19,28,33H,6,8,12,14,16-17H2,1H3. The maximum atomic E-state index is 10.4. The number of likely N-dealkylation sites (tertiary alicyclic amines) is 1. The average Bonchev–Trinajstić information content (AvgIpc) is 3.20. The van der Waals surface area contributed by atoms with Crippen LogP contribution in [0.25, 0.3) is 16.9 Å². The van der Waals surface area contributed by atoms with Crippen LogP contribution in [0.3, 0.4) is 0 Å². The summed E-state index contributed by atoms with van der Waals surface area (Å²) < 4.78 is 2.64. The molecule has 1 saturated heterocycles. The number of anilines is 1. The molecule has 2 aromatic heterocycles. The second kappa shape index (κ2) is 9.53. The van der Waals surface area contributed by atoms with Gasteiger partial charge < -0.3 is 10.4 Å². The average molecular weight is 506 g/mol. The van der Waals surface area contributed by atoms with E-state index in [0.717, 1.165) is 42.1 Å². The number of nitrogens with zero attached hydrogens (tertiary/aromatic N) is 4. The number of phenols is 1. The fraction of sp³-hybridized carbons (Fsp3) is 0.308. The number of benzene rings is 2. The molecular formula is C26H28BrN5O. The lowest BCUT2D eigenvalue weighted by atomic mass is 9.97. The van der Waals surface area contributed by atoms with Crippen molar-refractivity contribution >= 4 is 27.4 Å². The lowest BCUT2D eigenvalue weighted by Gasteiger charge is -2.33. The molecule has 5 rings (SSSR count). The van der Waals surface area contributed by atoms with E-state index in [1.54, 1.807) is 12.3 Å². The first-order valence-corrected chi connectivity index (χ1v) is 12.2. The number of rotatable bonds is 6. The number of hydrogen-bond donors (Lipinski definition) is 2. The zero-order valence-corrected chi connectivity index (χ0v) is 20.3. The molecule has 0 aliphatic carbocycles. The minimum atomic E-state index is 0.218. The topological polar surface area (TPSA) is 65.7 Å². The molecule has 3 heterocycles. The minimum Gasteiger partial charge on any atom is -0.507 e. The Bertz CT molecular complexity index is 1270. The first kappa shape index (κ1) is 21.9. The van der Waals surface area contributed by atoms with Crippen molar-refractivity contribution in [3.63, 3.8) is 0 Å². The minimum absolute atomic E-state index is 0.218. The van der Waals surface area contributed by atoms with Crippen LogP contribution >= 0.6 is 15.9 Å². The van der Waals surface area contributed by atoms with Crippen LogP contribution in [0.15, 0.2) is 65.3 Å². The SMILES string of the molecule is Cc1ccccc1CN1CCCC(CNc2cc(-c3ccccc3O)nc3c(Br)cnn23)C1. The van der Waals surface area contributed by atoms with Crippen LogP contribution in [-0.2, 0) is 6.54 Å². The predicted octanol–water partition coefficient (Wildman–Crippen LogP) is 5.50. The Balaban J connectivity index is 1.34. The van der Waals surface area contributed by atoms with Crippen LogP contribution in [0.1, 0.15) is 24.0 Å². The highest BCUT2D eigenvalue weighted by Gasteiger charge is 2.21. The fourth-order valence-electron chi connectivity index (χ4n) is 4.63. The number of halogens is 1. The second-order valence-corrected chi connectivity index (χ2v) is 9.68. The molecule has 0 amide bonds. The van der Waals surface area contributed by atoms with Gasteiger partial charge in [0.25, 0.3) is 0 Å². The molecule has 0 bridgehead atoms. The summed E-state index contributed by atoms with van der Waals surface area (Å²) in [5.74, 6) is 1.65. The van der Waals surface area contributed by atoms with Crippen molar-refractivity contribution in [1.82, 2.24) is 19.5 Å². The smallest absolute Gasteiger partial charge is 0.172 e. The number of nitrogens with one attached hydrogen (secondary N) is 1. The Morgan fingerprint density at radius 2 is 1.97 bits per heavy atom. The number of aryl methyl sites for hydroxylation is 1. The van der Waals surface area contributed by atoms with Crippen LogP contribution in [0.2, 0.25) is 0 Å². The molecule has 1 atom stereocenters. The van der Waals surface area contributed by atoms with Gasteiger partial charge in [0, 0.05) is 31.3 Å². The third-order valence-corrected chi connectivity index (χ3v) is 7.00.